The van der Waals surface area contributed by atoms with E-state index in [4.69, 9.17) is 5.73 Å². The van der Waals surface area contributed by atoms with E-state index in [1.54, 1.807) is 0 Å². The van der Waals surface area contributed by atoms with Crippen molar-refractivity contribution in [2.75, 3.05) is 6.54 Å². The topological polar surface area (TPSA) is 81.2 Å². The van der Waals surface area contributed by atoms with Crippen molar-refractivity contribution >= 4 is 5.91 Å². The van der Waals surface area contributed by atoms with Crippen LogP contribution in [0.3, 0.4) is 0 Å². The number of rotatable bonds is 3. The molecule has 1 atom stereocenters. The molecule has 0 bridgehead atoms. The number of nitrogens with zero attached hydrogens (tertiary/aromatic N) is 1. The average molecular weight is 269 g/mol. The lowest BCUT2D eigenvalue weighted by molar-refractivity contribution is 0.0930. The first-order chi connectivity index (χ1) is 9.70. The van der Waals surface area contributed by atoms with Gasteiger partial charge in [-0.15, -0.1) is 0 Å². The van der Waals surface area contributed by atoms with E-state index in [1.165, 1.54) is 12.3 Å². The lowest BCUT2D eigenvalue weighted by Gasteiger charge is -2.13. The third-order valence-electron chi connectivity index (χ3n) is 2.74. The summed E-state index contributed by atoms with van der Waals surface area (Å²) in [5, 5.41) is 6.45. The summed E-state index contributed by atoms with van der Waals surface area (Å²) in [6.07, 6.45) is 1.36. The van der Waals surface area contributed by atoms with Gasteiger partial charge in [0.05, 0.1) is 12.6 Å². The lowest BCUT2D eigenvalue weighted by atomic mass is 10.1. The Balaban J connectivity index is 2.09. The minimum Gasteiger partial charge on any atom is -0.364 e. The van der Waals surface area contributed by atoms with Crippen LogP contribution in [-0.4, -0.2) is 17.6 Å². The Hall–Kier alpha value is -2.58. The molecule has 3 N–H and O–H groups in total. The third kappa shape index (κ3) is 3.46. The summed E-state index contributed by atoms with van der Waals surface area (Å²) in [7, 11) is 0. The molecule has 1 aromatic carbocycles. The Morgan fingerprint density at radius 2 is 2.35 bits per heavy atom. The molecule has 1 unspecified atom stereocenters. The first-order valence-corrected chi connectivity index (χ1v) is 6.21. The summed E-state index contributed by atoms with van der Waals surface area (Å²) in [6.45, 7) is 2.22. The summed E-state index contributed by atoms with van der Waals surface area (Å²) < 4.78 is 4.65. The minimum atomic E-state index is -0.273. The molecule has 2 rings (SSSR count). The van der Waals surface area contributed by atoms with Gasteiger partial charge in [-0.25, -0.2) is 0 Å². The minimum absolute atomic E-state index is 0.154. The molecule has 1 heterocycles. The first-order valence-electron chi connectivity index (χ1n) is 6.21. The van der Waals surface area contributed by atoms with E-state index in [-0.39, 0.29) is 17.6 Å². The van der Waals surface area contributed by atoms with Gasteiger partial charge in [-0.1, -0.05) is 29.1 Å². The van der Waals surface area contributed by atoms with Gasteiger partial charge in [0.15, 0.2) is 5.69 Å². The smallest absolute Gasteiger partial charge is 0.273 e. The quantitative estimate of drug-likeness (QED) is 0.827. The maximum atomic E-state index is 11.9. The van der Waals surface area contributed by atoms with Crippen LogP contribution < -0.4 is 11.1 Å². The zero-order chi connectivity index (χ0) is 14.4. The normalized spacial score (nSPS) is 11.3. The summed E-state index contributed by atoms with van der Waals surface area (Å²) in [4.78, 5) is 11.9. The molecule has 0 aliphatic heterocycles. The van der Waals surface area contributed by atoms with Crippen LogP contribution in [-0.2, 0) is 0 Å². The molecule has 102 valence electrons. The molecule has 0 saturated carbocycles. The van der Waals surface area contributed by atoms with Crippen LogP contribution in [0.2, 0.25) is 0 Å². The number of aromatic nitrogens is 1. The fraction of sp³-hybridized carbons (Fsp3) is 0.200. The number of carbonyl (C=O) groups is 1. The average Bonchev–Trinajstić information content (AvgIpc) is 2.99. The highest BCUT2D eigenvalue weighted by Gasteiger charge is 2.13. The molecule has 0 aliphatic carbocycles. The molecule has 5 heteroatoms. The largest absolute Gasteiger partial charge is 0.364 e. The van der Waals surface area contributed by atoms with Crippen molar-refractivity contribution in [2.45, 2.75) is 13.0 Å². The van der Waals surface area contributed by atoms with E-state index in [1.807, 2.05) is 31.2 Å². The van der Waals surface area contributed by atoms with Crippen LogP contribution in [0.5, 0.6) is 0 Å². The third-order valence-corrected chi connectivity index (χ3v) is 2.74. The Labute approximate surface area is 117 Å². The number of hydrogen-bond donors (Lipinski definition) is 2. The molecule has 0 aliphatic rings. The van der Waals surface area contributed by atoms with Gasteiger partial charge in [-0.05, 0) is 24.6 Å². The second-order valence-corrected chi connectivity index (χ2v) is 4.21. The maximum Gasteiger partial charge on any atom is 0.273 e. The highest BCUT2D eigenvalue weighted by molar-refractivity contribution is 5.92. The number of nitrogens with one attached hydrogen (secondary N) is 1. The van der Waals surface area contributed by atoms with Gasteiger partial charge in [0, 0.05) is 11.6 Å². The van der Waals surface area contributed by atoms with Crippen LogP contribution in [0, 0.1) is 11.8 Å². The van der Waals surface area contributed by atoms with E-state index < -0.39 is 0 Å². The Bertz CT molecular complexity index is 639. The standard InChI is InChI=1S/C15H15N3O2/c1-11(17-15(19)14-7-9-20-18-14)13-6-2-4-12(10-13)5-3-8-16/h2,4,6-7,9-11H,8,16H2,1H3,(H,17,19). The fourth-order valence-electron chi connectivity index (χ4n) is 1.72. The van der Waals surface area contributed by atoms with Gasteiger partial charge in [0.2, 0.25) is 0 Å². The Morgan fingerprint density at radius 1 is 1.50 bits per heavy atom. The summed E-state index contributed by atoms with van der Waals surface area (Å²) in [6, 6.07) is 9.02. The molecule has 5 nitrogen and oxygen atoms in total. The zero-order valence-corrected chi connectivity index (χ0v) is 11.1. The number of carbonyl (C=O) groups excluding carboxylic acids is 1. The first kappa shape index (κ1) is 13.8. The van der Waals surface area contributed by atoms with Crippen molar-refractivity contribution in [3.63, 3.8) is 0 Å². The maximum absolute atomic E-state index is 11.9. The predicted molar refractivity (Wildman–Crippen MR) is 74.8 cm³/mol. The van der Waals surface area contributed by atoms with Gasteiger partial charge in [0.25, 0.3) is 5.91 Å². The van der Waals surface area contributed by atoms with Crippen molar-refractivity contribution in [2.24, 2.45) is 5.73 Å². The number of benzene rings is 1. The van der Waals surface area contributed by atoms with Crippen molar-refractivity contribution < 1.29 is 9.32 Å². The molecule has 1 aromatic heterocycles. The molecule has 2 aromatic rings. The highest BCUT2D eigenvalue weighted by Crippen LogP contribution is 2.14. The monoisotopic (exact) mass is 269 g/mol. The molecule has 0 radical (unpaired) electrons. The van der Waals surface area contributed by atoms with Crippen molar-refractivity contribution in [3.8, 4) is 11.8 Å². The van der Waals surface area contributed by atoms with Gasteiger partial charge in [0.1, 0.15) is 6.26 Å². The lowest BCUT2D eigenvalue weighted by Crippen LogP contribution is -2.26. The molecule has 20 heavy (non-hydrogen) atoms. The molecule has 0 saturated heterocycles. The summed E-state index contributed by atoms with van der Waals surface area (Å²) >= 11 is 0. The van der Waals surface area contributed by atoms with Crippen LogP contribution >= 0.6 is 0 Å². The van der Waals surface area contributed by atoms with E-state index in [0.717, 1.165) is 11.1 Å². The second kappa shape index (κ2) is 6.55. The highest BCUT2D eigenvalue weighted by atomic mass is 16.5. The van der Waals surface area contributed by atoms with Crippen LogP contribution in [0.15, 0.2) is 41.1 Å². The fourth-order valence-corrected chi connectivity index (χ4v) is 1.72. The Morgan fingerprint density at radius 3 is 3.05 bits per heavy atom. The van der Waals surface area contributed by atoms with Gasteiger partial charge in [-0.3, -0.25) is 4.79 Å². The van der Waals surface area contributed by atoms with Crippen molar-refractivity contribution in [3.05, 3.63) is 53.4 Å². The SMILES string of the molecule is CC(NC(=O)c1ccon1)c1cccc(C#CCN)c1. The molecule has 0 spiro atoms. The second-order valence-electron chi connectivity index (χ2n) is 4.21. The van der Waals surface area contributed by atoms with Crippen molar-refractivity contribution in [1.82, 2.24) is 10.5 Å². The molecule has 0 fully saturated rings. The van der Waals surface area contributed by atoms with Gasteiger partial charge in [-0.2, -0.15) is 0 Å². The molecular formula is C15H15N3O2. The van der Waals surface area contributed by atoms with Crippen LogP contribution in [0.4, 0.5) is 0 Å². The zero-order valence-electron chi connectivity index (χ0n) is 11.1. The number of amides is 1. The van der Waals surface area contributed by atoms with Gasteiger partial charge >= 0.3 is 0 Å². The van der Waals surface area contributed by atoms with Gasteiger partial charge < -0.3 is 15.6 Å². The van der Waals surface area contributed by atoms with Crippen LogP contribution in [0.1, 0.15) is 34.6 Å². The van der Waals surface area contributed by atoms with E-state index in [0.29, 0.717) is 6.54 Å². The van der Waals surface area contributed by atoms with E-state index in [9.17, 15) is 4.79 Å². The number of hydrogen-bond acceptors (Lipinski definition) is 4. The molecular weight excluding hydrogens is 254 g/mol. The summed E-state index contributed by atoms with van der Waals surface area (Å²) in [5.74, 6) is 5.49. The molecule has 1 amide bonds. The Kier molecular flexibility index (Phi) is 4.53. The predicted octanol–water partition coefficient (Wildman–Crippen LogP) is 1.48. The van der Waals surface area contributed by atoms with Crippen LogP contribution in [0.25, 0.3) is 0 Å². The van der Waals surface area contributed by atoms with E-state index >= 15 is 0 Å². The van der Waals surface area contributed by atoms with Crippen molar-refractivity contribution in [1.29, 1.82) is 0 Å². The summed E-state index contributed by atoms with van der Waals surface area (Å²) in [5.41, 5.74) is 7.44. The number of nitrogens with two attached hydrogens (primary N) is 1. The van der Waals surface area contributed by atoms with E-state index in [2.05, 4.69) is 26.8 Å².